The average molecular weight is 911 g/mol. The first-order chi connectivity index (χ1) is 31.0. The van der Waals surface area contributed by atoms with Crippen LogP contribution in [0.25, 0.3) is 0 Å². The maximum atomic E-state index is 12.3. The molecule has 1 aliphatic carbocycles. The molecule has 10 bridgehead atoms. The predicted molar refractivity (Wildman–Crippen MR) is 228 cm³/mol. The summed E-state index contributed by atoms with van der Waals surface area (Å²) in [5.41, 5.74) is -2.12. The van der Waals surface area contributed by atoms with Gasteiger partial charge in [0.15, 0.2) is 57.5 Å². The van der Waals surface area contributed by atoms with Crippen LogP contribution >= 0.6 is 0 Å². The van der Waals surface area contributed by atoms with Gasteiger partial charge in [-0.1, -0.05) is 0 Å². The van der Waals surface area contributed by atoms with Gasteiger partial charge in [-0.3, -0.25) is 0 Å². The first-order valence-electron chi connectivity index (χ1n) is 19.4. The predicted octanol–water partition coefficient (Wildman–Crippen LogP) is 5.10. The molecule has 0 fully saturated rings. The van der Waals surface area contributed by atoms with Gasteiger partial charge >= 0.3 is 0 Å². The molecule has 65 heavy (non-hydrogen) atoms. The van der Waals surface area contributed by atoms with E-state index in [1.165, 1.54) is 71.1 Å². The van der Waals surface area contributed by atoms with Gasteiger partial charge in [-0.25, -0.2) is 0 Å². The van der Waals surface area contributed by atoms with Gasteiger partial charge in [0.2, 0.25) is 28.7 Å². The molecule has 6 rings (SSSR count). The van der Waals surface area contributed by atoms with E-state index in [-0.39, 0.29) is 113 Å². The van der Waals surface area contributed by atoms with E-state index in [1.54, 1.807) is 0 Å². The quantitative estimate of drug-likeness (QED) is 0.0800. The van der Waals surface area contributed by atoms with E-state index in [0.717, 1.165) is 0 Å². The molecule has 0 saturated heterocycles. The molecule has 0 atom stereocenters. The molecule has 0 aromatic heterocycles. The molecule has 20 heteroatoms. The van der Waals surface area contributed by atoms with Crippen LogP contribution in [0.5, 0.6) is 115 Å². The smallest absolute Gasteiger partial charge is 0.201 e. The van der Waals surface area contributed by atoms with Crippen molar-refractivity contribution >= 4 is 0 Å². The van der Waals surface area contributed by atoms with Crippen LogP contribution < -0.4 is 47.4 Å². The summed E-state index contributed by atoms with van der Waals surface area (Å²) in [6, 6.07) is 0. The van der Waals surface area contributed by atoms with E-state index in [4.69, 9.17) is 47.4 Å². The minimum atomic E-state index is -0.653. The maximum absolute atomic E-state index is 12.3. The lowest BCUT2D eigenvalue weighted by Gasteiger charge is -2.26. The summed E-state index contributed by atoms with van der Waals surface area (Å²) in [4.78, 5) is 0. The monoisotopic (exact) mass is 910 g/mol. The van der Waals surface area contributed by atoms with Crippen LogP contribution in [0, 0.1) is 0 Å². The lowest BCUT2D eigenvalue weighted by molar-refractivity contribution is 0.319. The number of fused-ring (bicyclic) bond motifs is 10. The van der Waals surface area contributed by atoms with Gasteiger partial charge in [0.1, 0.15) is 28.7 Å². The molecule has 0 saturated carbocycles. The number of rotatable bonds is 10. The molecule has 0 aliphatic heterocycles. The molecule has 5 aromatic carbocycles. The summed E-state index contributed by atoms with van der Waals surface area (Å²) in [7, 11) is 11.9. The number of hydrogen-bond donors (Lipinski definition) is 10. The zero-order valence-electron chi connectivity index (χ0n) is 37.1. The van der Waals surface area contributed by atoms with E-state index in [9.17, 15) is 51.1 Å². The van der Waals surface area contributed by atoms with Crippen LogP contribution in [0.2, 0.25) is 0 Å². The van der Waals surface area contributed by atoms with Gasteiger partial charge in [-0.2, -0.15) is 0 Å². The summed E-state index contributed by atoms with van der Waals surface area (Å²) in [5, 5.41) is 120. The number of benzene rings is 5. The van der Waals surface area contributed by atoms with Crippen LogP contribution in [-0.4, -0.2) is 122 Å². The number of aromatic hydroxyl groups is 10. The summed E-state index contributed by atoms with van der Waals surface area (Å²) < 4.78 is 55.7. The summed E-state index contributed by atoms with van der Waals surface area (Å²) in [5.74, 6) is -9.89. The van der Waals surface area contributed by atoms with Crippen molar-refractivity contribution in [2.45, 2.75) is 32.1 Å². The lowest BCUT2D eigenvalue weighted by atomic mass is 9.88. The fraction of sp³-hybridized carbons (Fsp3) is 0.333. The van der Waals surface area contributed by atoms with Crippen LogP contribution in [0.15, 0.2) is 0 Å². The molecule has 0 heterocycles. The standard InChI is InChI=1S/C45H50O20/c1-56-36-16-11-17-27(47)20(40(60-5)32(52)38(17)58-3)13-21-29(49)24(44(64-9)34(54)41(21)61-6)15-25-30(50)23(43(63-8)35(55)45(25)65-10)14-22-28(48)19(39(59-4)33(53)42(22)62-7)12-18(26(16)46)37(57-2)31(36)51/h46-55H,11-15H2,1-10H3. The van der Waals surface area contributed by atoms with Crippen LogP contribution in [0.3, 0.4) is 0 Å². The highest BCUT2D eigenvalue weighted by Crippen LogP contribution is 2.59. The van der Waals surface area contributed by atoms with Gasteiger partial charge in [0.05, 0.1) is 71.1 Å². The van der Waals surface area contributed by atoms with E-state index < -0.39 is 89.6 Å². The van der Waals surface area contributed by atoms with E-state index in [1.807, 2.05) is 0 Å². The van der Waals surface area contributed by atoms with E-state index in [0.29, 0.717) is 0 Å². The zero-order valence-corrected chi connectivity index (χ0v) is 37.1. The van der Waals surface area contributed by atoms with Gasteiger partial charge in [-0.15, -0.1) is 0 Å². The van der Waals surface area contributed by atoms with Crippen molar-refractivity contribution in [3.63, 3.8) is 0 Å². The zero-order chi connectivity index (χ0) is 47.9. The summed E-state index contributed by atoms with van der Waals surface area (Å²) in [6.07, 6.45) is -2.84. The Labute approximate surface area is 371 Å². The molecule has 0 amide bonds. The second-order valence-corrected chi connectivity index (χ2v) is 14.5. The SMILES string of the molecule is COc1c(O)c(OC)c2c(O)c1Cc1c(O)c(c(OC)c(O)c1OC)Cc1c(O)c(c(OC)c(O)c1OC)Cc1c(O)c(c(OC)c(O)c1OC)Cc1c(O)c(c(OC)c(O)c1OC)C2. The Hall–Kier alpha value is -7.90. The Morgan fingerprint density at radius 1 is 0.185 bits per heavy atom. The van der Waals surface area contributed by atoms with Gasteiger partial charge < -0.3 is 98.4 Å². The Balaban J connectivity index is 1.88. The van der Waals surface area contributed by atoms with Crippen LogP contribution in [0.1, 0.15) is 55.6 Å². The largest absolute Gasteiger partial charge is 0.507 e. The molecule has 0 unspecified atom stereocenters. The maximum Gasteiger partial charge on any atom is 0.201 e. The van der Waals surface area contributed by atoms with Crippen molar-refractivity contribution in [2.24, 2.45) is 0 Å². The number of hydrogen-bond acceptors (Lipinski definition) is 20. The summed E-state index contributed by atoms with van der Waals surface area (Å²) in [6.45, 7) is 0. The molecule has 0 radical (unpaired) electrons. The lowest BCUT2D eigenvalue weighted by Crippen LogP contribution is -2.09. The highest BCUT2D eigenvalue weighted by atomic mass is 16.5. The molecular formula is C45H50O20. The highest BCUT2D eigenvalue weighted by molar-refractivity contribution is 5.77. The fourth-order valence-corrected chi connectivity index (χ4v) is 8.65. The molecule has 5 aromatic rings. The third-order valence-electron chi connectivity index (χ3n) is 11.6. The number of phenolic OH excluding ortho intramolecular Hbond substituents is 10. The Morgan fingerprint density at radius 2 is 0.277 bits per heavy atom. The summed E-state index contributed by atoms with van der Waals surface area (Å²) >= 11 is 0. The molecule has 10 N–H and O–H groups in total. The fourth-order valence-electron chi connectivity index (χ4n) is 8.65. The topological polar surface area (TPSA) is 295 Å². The minimum Gasteiger partial charge on any atom is -0.507 e. The molecule has 0 spiro atoms. The Bertz CT molecular complexity index is 2120. The van der Waals surface area contributed by atoms with Crippen molar-refractivity contribution in [1.29, 1.82) is 0 Å². The van der Waals surface area contributed by atoms with Gasteiger partial charge in [0, 0.05) is 87.7 Å². The van der Waals surface area contributed by atoms with Crippen molar-refractivity contribution < 1.29 is 98.4 Å². The van der Waals surface area contributed by atoms with E-state index in [2.05, 4.69) is 0 Å². The third kappa shape index (κ3) is 7.10. The Morgan fingerprint density at radius 3 is 0.354 bits per heavy atom. The Kier molecular flexibility index (Phi) is 13.0. The van der Waals surface area contributed by atoms with Gasteiger partial charge in [0.25, 0.3) is 0 Å². The highest BCUT2D eigenvalue weighted by Gasteiger charge is 2.37. The van der Waals surface area contributed by atoms with E-state index >= 15 is 0 Å². The average Bonchev–Trinajstić information content (AvgIpc) is 3.29. The first kappa shape index (κ1) is 46.6. The number of ether oxygens (including phenoxy) is 10. The normalized spacial score (nSPS) is 12.2. The molecule has 350 valence electrons. The first-order valence-corrected chi connectivity index (χ1v) is 19.4. The molecule has 20 nitrogen and oxygen atoms in total. The second-order valence-electron chi connectivity index (χ2n) is 14.5. The van der Waals surface area contributed by atoms with Crippen LogP contribution in [-0.2, 0) is 32.1 Å². The van der Waals surface area contributed by atoms with Gasteiger partial charge in [-0.05, 0) is 0 Å². The van der Waals surface area contributed by atoms with Crippen molar-refractivity contribution in [2.75, 3.05) is 71.1 Å². The van der Waals surface area contributed by atoms with Crippen LogP contribution in [0.4, 0.5) is 0 Å². The molecular weight excluding hydrogens is 860 g/mol. The minimum absolute atomic E-state index is 0.212. The van der Waals surface area contributed by atoms with Crippen molar-refractivity contribution in [3.8, 4) is 115 Å². The third-order valence-corrected chi connectivity index (χ3v) is 11.6. The van der Waals surface area contributed by atoms with Crippen molar-refractivity contribution in [3.05, 3.63) is 55.6 Å². The second kappa shape index (κ2) is 18.1. The number of methoxy groups -OCH3 is 10. The van der Waals surface area contributed by atoms with Crippen molar-refractivity contribution in [1.82, 2.24) is 0 Å². The number of phenols is 10. The molecule has 1 aliphatic rings.